The molecule has 2 aromatic carbocycles. The highest BCUT2D eigenvalue weighted by molar-refractivity contribution is 6.09. The van der Waals surface area contributed by atoms with Crippen LogP contribution in [0.3, 0.4) is 0 Å². The molecule has 0 unspecified atom stereocenters. The number of furan rings is 1. The quantitative estimate of drug-likeness (QED) is 0.412. The van der Waals surface area contributed by atoms with Gasteiger partial charge in [0, 0.05) is 10.8 Å². The number of hydrogen-bond acceptors (Lipinski definition) is 5. The molecule has 4 rings (SSSR count). The lowest BCUT2D eigenvalue weighted by Gasteiger charge is -2.02. The fourth-order valence-electron chi connectivity index (χ4n) is 2.60. The van der Waals surface area contributed by atoms with E-state index in [1.165, 1.54) is 12.5 Å². The summed E-state index contributed by atoms with van der Waals surface area (Å²) in [6.45, 7) is 0. The maximum atomic E-state index is 11.2. The van der Waals surface area contributed by atoms with Crippen molar-refractivity contribution in [2.24, 2.45) is 0 Å². The smallest absolute Gasteiger partial charge is 0.313 e. The van der Waals surface area contributed by atoms with Crippen LogP contribution in [0, 0.1) is 10.1 Å². The molecule has 106 valence electrons. The minimum absolute atomic E-state index is 0.143. The number of nitrogens with zero attached hydrogens (tertiary/aromatic N) is 3. The van der Waals surface area contributed by atoms with Crippen LogP contribution >= 0.6 is 0 Å². The van der Waals surface area contributed by atoms with E-state index in [-0.39, 0.29) is 11.4 Å². The zero-order chi connectivity index (χ0) is 15.1. The van der Waals surface area contributed by atoms with Gasteiger partial charge in [-0.15, -0.1) is 0 Å². The van der Waals surface area contributed by atoms with E-state index in [9.17, 15) is 10.1 Å². The van der Waals surface area contributed by atoms with Crippen LogP contribution < -0.4 is 0 Å². The summed E-state index contributed by atoms with van der Waals surface area (Å²) in [4.78, 5) is 18.5. The van der Waals surface area contributed by atoms with Crippen molar-refractivity contribution in [2.75, 3.05) is 0 Å². The van der Waals surface area contributed by atoms with E-state index in [0.717, 1.165) is 16.4 Å². The van der Waals surface area contributed by atoms with Crippen LogP contribution in [0.15, 0.2) is 59.4 Å². The summed E-state index contributed by atoms with van der Waals surface area (Å²) in [6.07, 6.45) is 2.49. The van der Waals surface area contributed by atoms with Crippen LogP contribution in [-0.4, -0.2) is 14.9 Å². The molecular formula is C16H9N3O3. The first-order chi connectivity index (χ1) is 10.8. The van der Waals surface area contributed by atoms with E-state index in [1.54, 1.807) is 6.07 Å². The fourth-order valence-corrected chi connectivity index (χ4v) is 2.60. The maximum absolute atomic E-state index is 11.2. The van der Waals surface area contributed by atoms with Crippen molar-refractivity contribution >= 4 is 27.6 Å². The number of para-hydroxylation sites is 2. The van der Waals surface area contributed by atoms with Crippen molar-refractivity contribution in [1.29, 1.82) is 0 Å². The molecule has 0 spiro atoms. The molecule has 0 amide bonds. The molecule has 6 heteroatoms. The first kappa shape index (κ1) is 12.5. The van der Waals surface area contributed by atoms with Gasteiger partial charge in [-0.05, 0) is 12.1 Å². The Morgan fingerprint density at radius 3 is 2.73 bits per heavy atom. The third kappa shape index (κ3) is 1.74. The van der Waals surface area contributed by atoms with Gasteiger partial charge in [0.2, 0.25) is 0 Å². The summed E-state index contributed by atoms with van der Waals surface area (Å²) in [6, 6.07) is 13.2. The molecular weight excluding hydrogens is 282 g/mol. The Bertz CT molecular complexity index is 1020. The van der Waals surface area contributed by atoms with Gasteiger partial charge in [-0.2, -0.15) is 0 Å². The Balaban J connectivity index is 2.10. The Morgan fingerprint density at radius 2 is 1.86 bits per heavy atom. The molecule has 0 saturated heterocycles. The van der Waals surface area contributed by atoms with Crippen LogP contribution in [0.1, 0.15) is 0 Å². The second kappa shape index (κ2) is 4.63. The lowest BCUT2D eigenvalue weighted by Crippen LogP contribution is -1.95. The molecule has 0 aliphatic rings. The molecule has 6 nitrogen and oxygen atoms in total. The maximum Gasteiger partial charge on any atom is 0.313 e. The van der Waals surface area contributed by atoms with Gasteiger partial charge >= 0.3 is 5.69 Å². The summed E-state index contributed by atoms with van der Waals surface area (Å²) in [5.41, 5.74) is 2.02. The minimum Gasteiger partial charge on any atom is -0.455 e. The molecule has 0 N–H and O–H groups in total. The highest BCUT2D eigenvalue weighted by atomic mass is 16.6. The fraction of sp³-hybridized carbons (Fsp3) is 0. The topological polar surface area (TPSA) is 82.1 Å². The molecule has 0 aliphatic carbocycles. The van der Waals surface area contributed by atoms with Crippen molar-refractivity contribution in [1.82, 2.24) is 9.97 Å². The van der Waals surface area contributed by atoms with Gasteiger partial charge in [-0.3, -0.25) is 10.1 Å². The third-order valence-corrected chi connectivity index (χ3v) is 3.55. The summed E-state index contributed by atoms with van der Waals surface area (Å²) in [5.74, 6) is 0. The first-order valence-electron chi connectivity index (χ1n) is 6.61. The van der Waals surface area contributed by atoms with E-state index >= 15 is 0 Å². The summed E-state index contributed by atoms with van der Waals surface area (Å²) in [5, 5.41) is 13.1. The van der Waals surface area contributed by atoms with Gasteiger partial charge in [-0.1, -0.05) is 30.3 Å². The molecule has 0 bridgehead atoms. The Morgan fingerprint density at radius 1 is 1.05 bits per heavy atom. The predicted octanol–water partition coefficient (Wildman–Crippen LogP) is 3.95. The van der Waals surface area contributed by atoms with E-state index in [1.807, 2.05) is 36.4 Å². The van der Waals surface area contributed by atoms with E-state index in [0.29, 0.717) is 11.1 Å². The zero-order valence-corrected chi connectivity index (χ0v) is 11.3. The highest BCUT2D eigenvalue weighted by Gasteiger charge is 2.21. The van der Waals surface area contributed by atoms with Crippen molar-refractivity contribution in [3.05, 3.63) is 65.1 Å². The minimum atomic E-state index is -0.489. The SMILES string of the molecule is O=[N+]([O-])c1cncnc1-c1cccc2c1oc1ccccc12. The van der Waals surface area contributed by atoms with Gasteiger partial charge in [-0.25, -0.2) is 9.97 Å². The van der Waals surface area contributed by atoms with Crippen LogP contribution in [0.2, 0.25) is 0 Å². The number of rotatable bonds is 2. The molecule has 0 saturated carbocycles. The Hall–Kier alpha value is -3.28. The van der Waals surface area contributed by atoms with Gasteiger partial charge < -0.3 is 4.42 Å². The number of nitro groups is 1. The normalized spacial score (nSPS) is 11.1. The number of aromatic nitrogens is 2. The van der Waals surface area contributed by atoms with Gasteiger partial charge in [0.05, 0.1) is 10.5 Å². The molecule has 2 aromatic heterocycles. The van der Waals surface area contributed by atoms with Crippen molar-refractivity contribution in [3.8, 4) is 11.3 Å². The molecule has 0 fully saturated rings. The van der Waals surface area contributed by atoms with Crippen LogP contribution in [0.25, 0.3) is 33.2 Å². The Kier molecular flexibility index (Phi) is 2.62. The number of benzene rings is 2. The number of hydrogen-bond donors (Lipinski definition) is 0. The van der Waals surface area contributed by atoms with Gasteiger partial charge in [0.25, 0.3) is 0 Å². The average Bonchev–Trinajstić information content (AvgIpc) is 2.93. The Labute approximate surface area is 124 Å². The second-order valence-electron chi connectivity index (χ2n) is 4.79. The lowest BCUT2D eigenvalue weighted by molar-refractivity contribution is -0.384. The molecule has 22 heavy (non-hydrogen) atoms. The van der Waals surface area contributed by atoms with Crippen molar-refractivity contribution in [3.63, 3.8) is 0 Å². The highest BCUT2D eigenvalue weighted by Crippen LogP contribution is 2.37. The largest absolute Gasteiger partial charge is 0.455 e. The summed E-state index contributed by atoms with van der Waals surface area (Å²) in [7, 11) is 0. The molecule has 2 heterocycles. The monoisotopic (exact) mass is 291 g/mol. The number of fused-ring (bicyclic) bond motifs is 3. The third-order valence-electron chi connectivity index (χ3n) is 3.55. The van der Waals surface area contributed by atoms with Crippen LogP contribution in [-0.2, 0) is 0 Å². The van der Waals surface area contributed by atoms with E-state index < -0.39 is 4.92 Å². The standard InChI is InChI=1S/C16H9N3O3/c20-19(21)13-8-17-9-18-15(13)12-6-3-5-11-10-4-1-2-7-14(10)22-16(11)12/h1-9H. The second-order valence-corrected chi connectivity index (χ2v) is 4.79. The van der Waals surface area contributed by atoms with E-state index in [4.69, 9.17) is 4.42 Å². The molecule has 0 atom stereocenters. The van der Waals surface area contributed by atoms with Crippen LogP contribution in [0.5, 0.6) is 0 Å². The molecule has 4 aromatic rings. The van der Waals surface area contributed by atoms with Crippen molar-refractivity contribution < 1.29 is 9.34 Å². The summed E-state index contributed by atoms with van der Waals surface area (Å²) >= 11 is 0. The molecule has 0 radical (unpaired) electrons. The predicted molar refractivity (Wildman–Crippen MR) is 81.4 cm³/mol. The zero-order valence-electron chi connectivity index (χ0n) is 11.3. The van der Waals surface area contributed by atoms with Gasteiger partial charge in [0.1, 0.15) is 23.7 Å². The average molecular weight is 291 g/mol. The van der Waals surface area contributed by atoms with E-state index in [2.05, 4.69) is 9.97 Å². The summed E-state index contributed by atoms with van der Waals surface area (Å²) < 4.78 is 5.89. The first-order valence-corrected chi connectivity index (χ1v) is 6.61. The van der Waals surface area contributed by atoms with Crippen molar-refractivity contribution in [2.45, 2.75) is 0 Å². The lowest BCUT2D eigenvalue weighted by atomic mass is 10.1. The van der Waals surface area contributed by atoms with Crippen LogP contribution in [0.4, 0.5) is 5.69 Å². The van der Waals surface area contributed by atoms with Gasteiger partial charge in [0.15, 0.2) is 5.69 Å². The molecule has 0 aliphatic heterocycles.